The van der Waals surface area contributed by atoms with Crippen molar-refractivity contribution >= 4 is 23.6 Å². The Morgan fingerprint density at radius 2 is 2.39 bits per heavy atom. The molecule has 1 N–H and O–H groups in total. The predicted molar refractivity (Wildman–Crippen MR) is 67.5 cm³/mol. The Balaban J connectivity index is 2.04. The van der Waals surface area contributed by atoms with Crippen molar-refractivity contribution in [3.8, 4) is 10.7 Å². The largest absolute Gasteiger partial charge is 0.374 e. The van der Waals surface area contributed by atoms with E-state index in [1.54, 1.807) is 4.57 Å². The van der Waals surface area contributed by atoms with Crippen LogP contribution in [0.2, 0.25) is 0 Å². The Hall–Kier alpha value is -1.12. The van der Waals surface area contributed by atoms with Crippen molar-refractivity contribution in [3.63, 3.8) is 0 Å². The average Bonchev–Trinajstić information content (AvgIpc) is 2.94. The standard InChI is InChI=1S/C10H11F2N3OS2/c11-8(12)6-16-4-3-15-9(13-14-10(15)17)7-2-1-5-18-7/h1-2,5,8H,3-4,6H2,(H,14,17). The lowest BCUT2D eigenvalue weighted by molar-refractivity contribution is 0.0148. The number of nitrogens with zero attached hydrogens (tertiary/aromatic N) is 2. The van der Waals surface area contributed by atoms with Gasteiger partial charge in [-0.05, 0) is 23.7 Å². The van der Waals surface area contributed by atoms with Gasteiger partial charge in [0.2, 0.25) is 0 Å². The molecule has 0 spiro atoms. The number of ether oxygens (including phenoxy) is 1. The minimum Gasteiger partial charge on any atom is -0.374 e. The monoisotopic (exact) mass is 291 g/mol. The summed E-state index contributed by atoms with van der Waals surface area (Å²) in [6, 6.07) is 3.83. The van der Waals surface area contributed by atoms with Crippen molar-refractivity contribution < 1.29 is 13.5 Å². The SMILES string of the molecule is FC(F)COCCn1c(-c2cccs2)n[nH]c1=S. The number of rotatable bonds is 6. The molecule has 2 aromatic heterocycles. The molecule has 0 radical (unpaired) electrons. The van der Waals surface area contributed by atoms with Gasteiger partial charge in [-0.3, -0.25) is 9.67 Å². The molecule has 0 fully saturated rings. The van der Waals surface area contributed by atoms with Gasteiger partial charge in [-0.2, -0.15) is 5.10 Å². The highest BCUT2D eigenvalue weighted by molar-refractivity contribution is 7.71. The second kappa shape index (κ2) is 6.17. The van der Waals surface area contributed by atoms with Gasteiger partial charge in [0, 0.05) is 0 Å². The summed E-state index contributed by atoms with van der Waals surface area (Å²) < 4.78 is 30.9. The van der Waals surface area contributed by atoms with Gasteiger partial charge >= 0.3 is 0 Å². The Labute approximate surface area is 111 Å². The van der Waals surface area contributed by atoms with Crippen LogP contribution in [0.5, 0.6) is 0 Å². The number of hydrogen-bond donors (Lipinski definition) is 1. The van der Waals surface area contributed by atoms with Crippen LogP contribution in [0.25, 0.3) is 10.7 Å². The third kappa shape index (κ3) is 3.21. The second-order valence-electron chi connectivity index (χ2n) is 3.45. The van der Waals surface area contributed by atoms with Gasteiger partial charge in [0.15, 0.2) is 10.6 Å². The first-order chi connectivity index (χ1) is 8.68. The Morgan fingerprint density at radius 1 is 1.56 bits per heavy atom. The van der Waals surface area contributed by atoms with Crippen LogP contribution in [0, 0.1) is 4.77 Å². The van der Waals surface area contributed by atoms with E-state index in [9.17, 15) is 8.78 Å². The average molecular weight is 291 g/mol. The normalized spacial score (nSPS) is 11.3. The molecule has 98 valence electrons. The fraction of sp³-hybridized carbons (Fsp3) is 0.400. The van der Waals surface area contributed by atoms with Gasteiger partial charge in [0.05, 0.1) is 18.0 Å². The molecule has 2 aromatic rings. The predicted octanol–water partition coefficient (Wildman–Crippen LogP) is 2.95. The number of halogens is 2. The fourth-order valence-corrected chi connectivity index (χ4v) is 2.39. The molecule has 2 rings (SSSR count). The smallest absolute Gasteiger partial charge is 0.261 e. The number of hydrogen-bond acceptors (Lipinski definition) is 4. The topological polar surface area (TPSA) is 42.8 Å². The quantitative estimate of drug-likeness (QED) is 0.657. The molecule has 0 unspecified atom stereocenters. The zero-order valence-corrected chi connectivity index (χ0v) is 10.9. The molecule has 0 aliphatic heterocycles. The summed E-state index contributed by atoms with van der Waals surface area (Å²) in [4.78, 5) is 0.969. The van der Waals surface area contributed by atoms with Crippen LogP contribution < -0.4 is 0 Å². The van der Waals surface area contributed by atoms with Crippen LogP contribution in [0.1, 0.15) is 0 Å². The van der Waals surface area contributed by atoms with E-state index in [0.717, 1.165) is 4.88 Å². The van der Waals surface area contributed by atoms with Crippen molar-refractivity contribution in [1.82, 2.24) is 14.8 Å². The highest BCUT2D eigenvalue weighted by atomic mass is 32.1. The van der Waals surface area contributed by atoms with Crippen LogP contribution in [0.15, 0.2) is 17.5 Å². The highest BCUT2D eigenvalue weighted by Gasteiger charge is 2.09. The van der Waals surface area contributed by atoms with Crippen molar-refractivity contribution in [2.24, 2.45) is 0 Å². The first kappa shape index (κ1) is 13.3. The summed E-state index contributed by atoms with van der Waals surface area (Å²) in [5.74, 6) is 0.704. The van der Waals surface area contributed by atoms with Crippen LogP contribution in [0.3, 0.4) is 0 Å². The maximum atomic E-state index is 11.9. The lowest BCUT2D eigenvalue weighted by Gasteiger charge is -2.06. The van der Waals surface area contributed by atoms with Gasteiger partial charge < -0.3 is 4.74 Å². The number of aromatic amines is 1. The molecule has 0 bridgehead atoms. The van der Waals surface area contributed by atoms with E-state index in [0.29, 0.717) is 17.1 Å². The van der Waals surface area contributed by atoms with E-state index in [2.05, 4.69) is 10.2 Å². The number of thiophene rings is 1. The van der Waals surface area contributed by atoms with Gasteiger partial charge in [-0.15, -0.1) is 11.3 Å². The van der Waals surface area contributed by atoms with Crippen LogP contribution in [-0.4, -0.2) is 34.4 Å². The summed E-state index contributed by atoms with van der Waals surface area (Å²) in [5, 5.41) is 8.75. The molecule has 4 nitrogen and oxygen atoms in total. The number of aromatic nitrogens is 3. The van der Waals surface area contributed by atoms with Gasteiger partial charge in [0.1, 0.15) is 6.61 Å². The summed E-state index contributed by atoms with van der Waals surface area (Å²) in [7, 11) is 0. The minimum atomic E-state index is -2.45. The fourth-order valence-electron chi connectivity index (χ4n) is 1.45. The van der Waals surface area contributed by atoms with Gasteiger partial charge in [0.25, 0.3) is 6.43 Å². The van der Waals surface area contributed by atoms with E-state index < -0.39 is 13.0 Å². The first-order valence-corrected chi connectivity index (χ1v) is 6.52. The first-order valence-electron chi connectivity index (χ1n) is 5.23. The van der Waals surface area contributed by atoms with Crippen molar-refractivity contribution in [3.05, 3.63) is 22.3 Å². The Morgan fingerprint density at radius 3 is 3.06 bits per heavy atom. The third-order valence-corrected chi connectivity index (χ3v) is 3.38. The molecule has 0 aliphatic rings. The Bertz CT molecular complexity index is 536. The van der Waals surface area contributed by atoms with E-state index >= 15 is 0 Å². The summed E-state index contributed by atoms with van der Waals surface area (Å²) in [5.41, 5.74) is 0. The summed E-state index contributed by atoms with van der Waals surface area (Å²) in [6.45, 7) is 0.0192. The number of alkyl halides is 2. The lowest BCUT2D eigenvalue weighted by Crippen LogP contribution is -2.11. The molecule has 0 saturated carbocycles. The highest BCUT2D eigenvalue weighted by Crippen LogP contribution is 2.22. The van der Waals surface area contributed by atoms with E-state index in [1.807, 2.05) is 17.5 Å². The van der Waals surface area contributed by atoms with Gasteiger partial charge in [-0.25, -0.2) is 8.78 Å². The van der Waals surface area contributed by atoms with E-state index in [1.165, 1.54) is 11.3 Å². The molecule has 0 amide bonds. The summed E-state index contributed by atoms with van der Waals surface area (Å²) in [6.07, 6.45) is -2.45. The molecular weight excluding hydrogens is 280 g/mol. The van der Waals surface area contributed by atoms with Crippen LogP contribution in [-0.2, 0) is 11.3 Å². The zero-order chi connectivity index (χ0) is 13.0. The zero-order valence-electron chi connectivity index (χ0n) is 9.31. The maximum absolute atomic E-state index is 11.9. The van der Waals surface area contributed by atoms with Gasteiger partial charge in [-0.1, -0.05) is 6.07 Å². The van der Waals surface area contributed by atoms with Crippen LogP contribution >= 0.6 is 23.6 Å². The number of H-pyrrole nitrogens is 1. The minimum absolute atomic E-state index is 0.177. The molecule has 0 saturated heterocycles. The van der Waals surface area contributed by atoms with Crippen molar-refractivity contribution in [1.29, 1.82) is 0 Å². The number of nitrogens with one attached hydrogen (secondary N) is 1. The second-order valence-corrected chi connectivity index (χ2v) is 4.78. The van der Waals surface area contributed by atoms with Crippen molar-refractivity contribution in [2.45, 2.75) is 13.0 Å². The molecule has 8 heteroatoms. The van der Waals surface area contributed by atoms with E-state index in [4.69, 9.17) is 17.0 Å². The molecular formula is C10H11F2N3OS2. The maximum Gasteiger partial charge on any atom is 0.261 e. The molecule has 0 aliphatic carbocycles. The van der Waals surface area contributed by atoms with Crippen molar-refractivity contribution in [2.75, 3.05) is 13.2 Å². The van der Waals surface area contributed by atoms with Crippen LogP contribution in [0.4, 0.5) is 8.78 Å². The molecule has 0 aromatic carbocycles. The lowest BCUT2D eigenvalue weighted by atomic mass is 10.4. The molecule has 18 heavy (non-hydrogen) atoms. The Kier molecular flexibility index (Phi) is 4.56. The third-order valence-electron chi connectivity index (χ3n) is 2.20. The van der Waals surface area contributed by atoms with E-state index in [-0.39, 0.29) is 6.61 Å². The summed E-state index contributed by atoms with van der Waals surface area (Å²) >= 11 is 6.63. The molecule has 2 heterocycles. The molecule has 0 atom stereocenters.